The summed E-state index contributed by atoms with van der Waals surface area (Å²) in [5.41, 5.74) is 1.28. The van der Waals surface area contributed by atoms with Crippen molar-refractivity contribution in [2.24, 2.45) is 0 Å². The lowest BCUT2D eigenvalue weighted by atomic mass is 10.3. The molecule has 2 aromatic heterocycles. The Morgan fingerprint density at radius 2 is 2.13 bits per heavy atom. The standard InChI is InChI=1S/C16H21FN4O2/c17-13-2-3-15-19-14(12-21(15)11-13)10-16(22)18-4-1-5-20-6-8-23-9-7-20/h2-3,11-12H,1,4-10H2,(H,18,22). The van der Waals surface area contributed by atoms with E-state index >= 15 is 0 Å². The highest BCUT2D eigenvalue weighted by Gasteiger charge is 2.10. The van der Waals surface area contributed by atoms with Gasteiger partial charge in [0.05, 0.1) is 25.3 Å². The van der Waals surface area contributed by atoms with Crippen LogP contribution in [-0.2, 0) is 16.0 Å². The second-order valence-corrected chi connectivity index (χ2v) is 5.68. The number of fused-ring (bicyclic) bond motifs is 1. The number of ether oxygens (including phenoxy) is 1. The lowest BCUT2D eigenvalue weighted by molar-refractivity contribution is -0.120. The van der Waals surface area contributed by atoms with Crippen LogP contribution in [0.3, 0.4) is 0 Å². The predicted octanol–water partition coefficient (Wildman–Crippen LogP) is 0.854. The smallest absolute Gasteiger partial charge is 0.226 e. The minimum Gasteiger partial charge on any atom is -0.379 e. The Kier molecular flexibility index (Phi) is 5.19. The maximum atomic E-state index is 13.1. The quantitative estimate of drug-likeness (QED) is 0.802. The molecular weight excluding hydrogens is 299 g/mol. The van der Waals surface area contributed by atoms with Gasteiger partial charge in [-0.1, -0.05) is 0 Å². The van der Waals surface area contributed by atoms with Crippen molar-refractivity contribution < 1.29 is 13.9 Å². The van der Waals surface area contributed by atoms with Crippen LogP contribution in [0, 0.1) is 5.82 Å². The molecule has 3 heterocycles. The number of pyridine rings is 1. The van der Waals surface area contributed by atoms with Gasteiger partial charge in [-0.2, -0.15) is 0 Å². The van der Waals surface area contributed by atoms with Crippen molar-refractivity contribution in [1.82, 2.24) is 19.6 Å². The van der Waals surface area contributed by atoms with E-state index in [-0.39, 0.29) is 18.1 Å². The first-order valence-electron chi connectivity index (χ1n) is 7.91. The van der Waals surface area contributed by atoms with Crippen molar-refractivity contribution in [1.29, 1.82) is 0 Å². The number of nitrogens with zero attached hydrogens (tertiary/aromatic N) is 3. The van der Waals surface area contributed by atoms with E-state index in [1.807, 2.05) is 0 Å². The third-order valence-corrected chi connectivity index (χ3v) is 3.88. The lowest BCUT2D eigenvalue weighted by Gasteiger charge is -2.26. The Balaban J connectivity index is 1.41. The van der Waals surface area contributed by atoms with Gasteiger partial charge in [0.25, 0.3) is 0 Å². The number of morpholine rings is 1. The molecule has 0 spiro atoms. The molecule has 0 aromatic carbocycles. The number of aromatic nitrogens is 2. The van der Waals surface area contributed by atoms with Gasteiger partial charge in [0.1, 0.15) is 11.5 Å². The highest BCUT2D eigenvalue weighted by Crippen LogP contribution is 2.07. The Morgan fingerprint density at radius 3 is 2.96 bits per heavy atom. The second-order valence-electron chi connectivity index (χ2n) is 5.68. The second kappa shape index (κ2) is 7.52. The summed E-state index contributed by atoms with van der Waals surface area (Å²) in [6.45, 7) is 5.13. The van der Waals surface area contributed by atoms with E-state index < -0.39 is 0 Å². The van der Waals surface area contributed by atoms with Crippen LogP contribution in [0.5, 0.6) is 0 Å². The van der Waals surface area contributed by atoms with E-state index in [1.54, 1.807) is 16.7 Å². The van der Waals surface area contributed by atoms with Gasteiger partial charge in [0, 0.05) is 32.0 Å². The normalized spacial score (nSPS) is 15.9. The van der Waals surface area contributed by atoms with Crippen LogP contribution in [0.1, 0.15) is 12.1 Å². The maximum absolute atomic E-state index is 13.1. The van der Waals surface area contributed by atoms with E-state index in [9.17, 15) is 9.18 Å². The van der Waals surface area contributed by atoms with Crippen molar-refractivity contribution >= 4 is 11.6 Å². The van der Waals surface area contributed by atoms with Crippen LogP contribution in [-0.4, -0.2) is 59.6 Å². The van der Waals surface area contributed by atoms with Crippen LogP contribution in [0.25, 0.3) is 5.65 Å². The van der Waals surface area contributed by atoms with Gasteiger partial charge in [-0.05, 0) is 25.1 Å². The molecule has 1 N–H and O–H groups in total. The molecule has 0 aliphatic carbocycles. The fourth-order valence-electron chi connectivity index (χ4n) is 2.68. The summed E-state index contributed by atoms with van der Waals surface area (Å²) in [4.78, 5) is 18.6. The summed E-state index contributed by atoms with van der Waals surface area (Å²) in [6, 6.07) is 2.96. The average Bonchev–Trinajstić information content (AvgIpc) is 2.94. The highest BCUT2D eigenvalue weighted by molar-refractivity contribution is 5.78. The van der Waals surface area contributed by atoms with Gasteiger partial charge in [0.2, 0.25) is 5.91 Å². The lowest BCUT2D eigenvalue weighted by Crippen LogP contribution is -2.38. The zero-order valence-corrected chi connectivity index (χ0v) is 13.0. The monoisotopic (exact) mass is 320 g/mol. The van der Waals surface area contributed by atoms with E-state index in [0.29, 0.717) is 17.9 Å². The number of nitrogens with one attached hydrogen (secondary N) is 1. The average molecular weight is 320 g/mol. The first kappa shape index (κ1) is 15.9. The molecule has 1 amide bonds. The first-order chi connectivity index (χ1) is 11.2. The molecule has 1 aliphatic heterocycles. The van der Waals surface area contributed by atoms with Crippen molar-refractivity contribution in [3.05, 3.63) is 36.0 Å². The summed E-state index contributed by atoms with van der Waals surface area (Å²) >= 11 is 0. The number of carbonyl (C=O) groups excluding carboxylic acids is 1. The van der Waals surface area contributed by atoms with Crippen molar-refractivity contribution in [2.75, 3.05) is 39.4 Å². The third-order valence-electron chi connectivity index (χ3n) is 3.88. The molecule has 0 atom stereocenters. The molecule has 23 heavy (non-hydrogen) atoms. The van der Waals surface area contributed by atoms with E-state index in [2.05, 4.69) is 15.2 Å². The molecule has 6 nitrogen and oxygen atoms in total. The van der Waals surface area contributed by atoms with Crippen LogP contribution in [0.4, 0.5) is 4.39 Å². The molecular formula is C16H21FN4O2. The number of rotatable bonds is 6. The van der Waals surface area contributed by atoms with E-state index in [4.69, 9.17) is 4.74 Å². The molecule has 2 aromatic rings. The molecule has 124 valence electrons. The fraction of sp³-hybridized carbons (Fsp3) is 0.500. The molecule has 7 heteroatoms. The molecule has 0 bridgehead atoms. The maximum Gasteiger partial charge on any atom is 0.226 e. The van der Waals surface area contributed by atoms with Gasteiger partial charge in [-0.25, -0.2) is 9.37 Å². The number of halogens is 1. The Morgan fingerprint density at radius 1 is 1.30 bits per heavy atom. The van der Waals surface area contributed by atoms with Gasteiger partial charge in [-0.3, -0.25) is 9.69 Å². The van der Waals surface area contributed by atoms with Crippen LogP contribution in [0.2, 0.25) is 0 Å². The molecule has 1 fully saturated rings. The van der Waals surface area contributed by atoms with Crippen molar-refractivity contribution in [3.8, 4) is 0 Å². The van der Waals surface area contributed by atoms with Crippen LogP contribution >= 0.6 is 0 Å². The van der Waals surface area contributed by atoms with E-state index in [1.165, 1.54) is 12.3 Å². The molecule has 1 aliphatic rings. The first-order valence-corrected chi connectivity index (χ1v) is 7.91. The largest absolute Gasteiger partial charge is 0.379 e. The molecule has 0 saturated carbocycles. The summed E-state index contributed by atoms with van der Waals surface area (Å²) in [5.74, 6) is -0.384. The molecule has 0 unspecified atom stereocenters. The fourth-order valence-corrected chi connectivity index (χ4v) is 2.68. The summed E-state index contributed by atoms with van der Waals surface area (Å²) in [5, 5.41) is 2.91. The third kappa shape index (κ3) is 4.49. The van der Waals surface area contributed by atoms with Crippen LogP contribution in [0.15, 0.2) is 24.5 Å². The number of hydrogen-bond donors (Lipinski definition) is 1. The minimum atomic E-state index is -0.325. The van der Waals surface area contributed by atoms with Crippen molar-refractivity contribution in [2.45, 2.75) is 12.8 Å². The van der Waals surface area contributed by atoms with Gasteiger partial charge in [-0.15, -0.1) is 0 Å². The number of carbonyl (C=O) groups is 1. The van der Waals surface area contributed by atoms with Gasteiger partial charge in [0.15, 0.2) is 0 Å². The van der Waals surface area contributed by atoms with Crippen LogP contribution < -0.4 is 5.32 Å². The molecule has 3 rings (SSSR count). The summed E-state index contributed by atoms with van der Waals surface area (Å²) in [7, 11) is 0. The zero-order valence-electron chi connectivity index (χ0n) is 13.0. The SMILES string of the molecule is O=C(Cc1cn2cc(F)ccc2n1)NCCCN1CCOCC1. The Bertz CT molecular complexity index is 667. The predicted molar refractivity (Wildman–Crippen MR) is 83.7 cm³/mol. The summed E-state index contributed by atoms with van der Waals surface area (Å²) < 4.78 is 20.0. The Hall–Kier alpha value is -1.99. The zero-order chi connectivity index (χ0) is 16.1. The number of imidazole rings is 1. The van der Waals surface area contributed by atoms with Crippen molar-refractivity contribution in [3.63, 3.8) is 0 Å². The summed E-state index contributed by atoms with van der Waals surface area (Å²) in [6.07, 6.45) is 4.17. The highest BCUT2D eigenvalue weighted by atomic mass is 19.1. The van der Waals surface area contributed by atoms with E-state index in [0.717, 1.165) is 39.3 Å². The molecule has 1 saturated heterocycles. The number of amides is 1. The molecule has 0 radical (unpaired) electrons. The number of hydrogen-bond acceptors (Lipinski definition) is 4. The van der Waals surface area contributed by atoms with Gasteiger partial charge >= 0.3 is 0 Å². The van der Waals surface area contributed by atoms with Gasteiger partial charge < -0.3 is 14.5 Å². The Labute approximate surface area is 134 Å². The topological polar surface area (TPSA) is 58.9 Å². The minimum absolute atomic E-state index is 0.0594.